The molecule has 0 saturated carbocycles. The molecule has 4 aliphatic rings. The Morgan fingerprint density at radius 2 is 1.89 bits per heavy atom. The fourth-order valence-electron chi connectivity index (χ4n) is 5.40. The summed E-state index contributed by atoms with van der Waals surface area (Å²) in [5.74, 6) is 0.724. The van der Waals surface area contributed by atoms with Crippen molar-refractivity contribution in [2.75, 3.05) is 13.2 Å². The number of ether oxygens (including phenoxy) is 1. The molecule has 0 aliphatic carbocycles. The van der Waals surface area contributed by atoms with Gasteiger partial charge in [-0.25, -0.2) is 4.79 Å². The molecule has 4 heteroatoms. The van der Waals surface area contributed by atoms with Crippen molar-refractivity contribution in [1.29, 1.82) is 0 Å². The van der Waals surface area contributed by atoms with Crippen molar-refractivity contribution < 1.29 is 9.53 Å². The van der Waals surface area contributed by atoms with E-state index >= 15 is 0 Å². The van der Waals surface area contributed by atoms with E-state index in [1.807, 2.05) is 30.3 Å². The highest BCUT2D eigenvalue weighted by atomic mass is 79.9. The third-order valence-corrected chi connectivity index (χ3v) is 7.24. The lowest BCUT2D eigenvalue weighted by Gasteiger charge is -2.51. The van der Waals surface area contributed by atoms with Gasteiger partial charge >= 0.3 is 5.97 Å². The van der Waals surface area contributed by atoms with Crippen LogP contribution >= 0.6 is 15.9 Å². The number of carbonyl (C=O) groups excluding carboxylic acids is 1. The van der Waals surface area contributed by atoms with Crippen molar-refractivity contribution >= 4 is 28.0 Å². The normalized spacial score (nSPS) is 31.9. The Kier molecular flexibility index (Phi) is 4.85. The second-order valence-electron chi connectivity index (χ2n) is 8.21. The molecule has 4 heterocycles. The van der Waals surface area contributed by atoms with Crippen LogP contribution in [0.15, 0.2) is 64.6 Å². The standard InChI is InChI=1S/C24H24BrNO2/c25-19-8-6-16(7-9-19)12-18-14-26-20-10-11-23(26)22(21(18)13-20)15-28-24(27)17-4-2-1-3-5-17/h1-9,12,20-23H,10-11,13-15H2/b18-12+. The summed E-state index contributed by atoms with van der Waals surface area (Å²) in [5.41, 5.74) is 3.38. The number of carbonyl (C=O) groups is 1. The Bertz CT molecular complexity index is 893. The first-order valence-electron chi connectivity index (χ1n) is 10.1. The Hall–Kier alpha value is -1.91. The van der Waals surface area contributed by atoms with Crippen molar-refractivity contribution in [3.05, 3.63) is 75.8 Å². The van der Waals surface area contributed by atoms with Crippen LogP contribution in [0.5, 0.6) is 0 Å². The largest absolute Gasteiger partial charge is 0.462 e. The van der Waals surface area contributed by atoms with Crippen molar-refractivity contribution in [1.82, 2.24) is 4.90 Å². The van der Waals surface area contributed by atoms with Crippen LogP contribution in [-0.2, 0) is 4.74 Å². The lowest BCUT2D eigenvalue weighted by molar-refractivity contribution is -0.0150. The zero-order valence-electron chi connectivity index (χ0n) is 15.8. The highest BCUT2D eigenvalue weighted by Gasteiger charge is 2.52. The second kappa shape index (κ2) is 7.49. The highest BCUT2D eigenvalue weighted by Crippen LogP contribution is 2.50. The number of esters is 1. The van der Waals surface area contributed by atoms with Gasteiger partial charge in [0.05, 0.1) is 12.2 Å². The van der Waals surface area contributed by atoms with Gasteiger partial charge in [0.1, 0.15) is 0 Å². The van der Waals surface area contributed by atoms with Gasteiger partial charge in [0.15, 0.2) is 0 Å². The number of rotatable bonds is 4. The molecule has 6 rings (SSSR count). The number of fused-ring (bicyclic) bond motifs is 1. The fraction of sp³-hybridized carbons (Fsp3) is 0.375. The van der Waals surface area contributed by atoms with Crippen LogP contribution < -0.4 is 0 Å². The Morgan fingerprint density at radius 1 is 1.11 bits per heavy atom. The molecule has 4 bridgehead atoms. The van der Waals surface area contributed by atoms with Gasteiger partial charge in [0.2, 0.25) is 0 Å². The molecule has 5 atom stereocenters. The molecule has 0 aromatic heterocycles. The van der Waals surface area contributed by atoms with Crippen molar-refractivity contribution in [3.8, 4) is 0 Å². The molecule has 0 N–H and O–H groups in total. The Balaban J connectivity index is 1.35. The summed E-state index contributed by atoms with van der Waals surface area (Å²) in [6.07, 6.45) is 6.08. The summed E-state index contributed by atoms with van der Waals surface area (Å²) in [6, 6.07) is 19.1. The lowest BCUT2D eigenvalue weighted by Crippen LogP contribution is -2.57. The second-order valence-corrected chi connectivity index (χ2v) is 9.13. The predicted molar refractivity (Wildman–Crippen MR) is 114 cm³/mol. The first kappa shape index (κ1) is 18.1. The minimum Gasteiger partial charge on any atom is -0.462 e. The summed E-state index contributed by atoms with van der Waals surface area (Å²) in [7, 11) is 0. The summed E-state index contributed by atoms with van der Waals surface area (Å²) in [4.78, 5) is 15.1. The maximum atomic E-state index is 12.4. The number of halogens is 1. The monoisotopic (exact) mass is 437 g/mol. The topological polar surface area (TPSA) is 29.5 Å². The molecular formula is C24H24BrNO2. The van der Waals surface area contributed by atoms with E-state index in [0.29, 0.717) is 30.0 Å². The van der Waals surface area contributed by atoms with Crippen molar-refractivity contribution in [3.63, 3.8) is 0 Å². The molecule has 4 aliphatic heterocycles. The van der Waals surface area contributed by atoms with Gasteiger partial charge in [-0.3, -0.25) is 4.90 Å². The number of hydrogen-bond donors (Lipinski definition) is 0. The number of hydrogen-bond acceptors (Lipinski definition) is 3. The molecule has 4 saturated heterocycles. The maximum Gasteiger partial charge on any atom is 0.338 e. The van der Waals surface area contributed by atoms with E-state index in [-0.39, 0.29) is 5.97 Å². The van der Waals surface area contributed by atoms with E-state index in [0.717, 1.165) is 17.1 Å². The molecule has 28 heavy (non-hydrogen) atoms. The van der Waals surface area contributed by atoms with E-state index in [1.165, 1.54) is 30.4 Å². The molecule has 0 amide bonds. The Morgan fingerprint density at radius 3 is 2.68 bits per heavy atom. The van der Waals surface area contributed by atoms with E-state index < -0.39 is 0 Å². The van der Waals surface area contributed by atoms with E-state index in [1.54, 1.807) is 0 Å². The van der Waals surface area contributed by atoms with Gasteiger partial charge in [0, 0.05) is 29.0 Å². The molecule has 2 aromatic rings. The Labute approximate surface area is 174 Å². The fourth-order valence-corrected chi connectivity index (χ4v) is 5.66. The molecule has 2 aromatic carbocycles. The molecule has 5 unspecified atom stereocenters. The maximum absolute atomic E-state index is 12.4. The van der Waals surface area contributed by atoms with Crippen LogP contribution in [-0.4, -0.2) is 36.1 Å². The van der Waals surface area contributed by atoms with Gasteiger partial charge in [0.25, 0.3) is 0 Å². The zero-order chi connectivity index (χ0) is 19.1. The van der Waals surface area contributed by atoms with Crippen LogP contribution in [0.2, 0.25) is 0 Å². The summed E-state index contributed by atoms with van der Waals surface area (Å²) in [5, 5.41) is 0. The lowest BCUT2D eigenvalue weighted by atomic mass is 9.71. The molecule has 3 nitrogen and oxygen atoms in total. The first-order chi connectivity index (χ1) is 13.7. The van der Waals surface area contributed by atoms with E-state index in [2.05, 4.69) is 51.2 Å². The molecule has 4 fully saturated rings. The first-order valence-corrected chi connectivity index (χ1v) is 10.9. The third-order valence-electron chi connectivity index (χ3n) is 6.71. The smallest absolute Gasteiger partial charge is 0.338 e. The van der Waals surface area contributed by atoms with E-state index in [4.69, 9.17) is 4.74 Å². The van der Waals surface area contributed by atoms with Gasteiger partial charge in [-0.1, -0.05) is 57.9 Å². The molecule has 0 radical (unpaired) electrons. The van der Waals surface area contributed by atoms with Gasteiger partial charge in [-0.05, 0) is 55.0 Å². The zero-order valence-corrected chi connectivity index (χ0v) is 17.3. The van der Waals surface area contributed by atoms with Crippen molar-refractivity contribution in [2.24, 2.45) is 11.8 Å². The van der Waals surface area contributed by atoms with Crippen LogP contribution in [0.1, 0.15) is 35.2 Å². The number of benzene rings is 2. The van der Waals surface area contributed by atoms with Crippen LogP contribution in [0.3, 0.4) is 0 Å². The van der Waals surface area contributed by atoms with Crippen LogP contribution in [0.4, 0.5) is 0 Å². The van der Waals surface area contributed by atoms with Gasteiger partial charge in [-0.2, -0.15) is 0 Å². The minimum absolute atomic E-state index is 0.204. The van der Waals surface area contributed by atoms with Crippen LogP contribution in [0, 0.1) is 11.8 Å². The average Bonchev–Trinajstić information content (AvgIpc) is 3.05. The highest BCUT2D eigenvalue weighted by molar-refractivity contribution is 9.10. The third kappa shape index (κ3) is 3.33. The molecule has 0 spiro atoms. The summed E-state index contributed by atoms with van der Waals surface area (Å²) in [6.45, 7) is 1.59. The number of nitrogens with zero attached hydrogens (tertiary/aromatic N) is 1. The van der Waals surface area contributed by atoms with Gasteiger partial charge < -0.3 is 4.74 Å². The SMILES string of the molecule is O=C(OCC1C2CC3CCC1N3C/C2=C\c1ccc(Br)cc1)c1ccccc1. The number of piperidine rings is 3. The molecule has 144 valence electrons. The van der Waals surface area contributed by atoms with E-state index in [9.17, 15) is 4.79 Å². The summed E-state index contributed by atoms with van der Waals surface area (Å²) >= 11 is 3.51. The molecular weight excluding hydrogens is 414 g/mol. The minimum atomic E-state index is -0.204. The van der Waals surface area contributed by atoms with Crippen molar-refractivity contribution in [2.45, 2.75) is 31.3 Å². The van der Waals surface area contributed by atoms with Gasteiger partial charge in [-0.15, -0.1) is 0 Å². The summed E-state index contributed by atoms with van der Waals surface area (Å²) < 4.78 is 6.89. The average molecular weight is 438 g/mol. The predicted octanol–water partition coefficient (Wildman–Crippen LogP) is 5.17. The van der Waals surface area contributed by atoms with Crippen LogP contribution in [0.25, 0.3) is 6.08 Å². The quantitative estimate of drug-likeness (QED) is 0.617.